The van der Waals surface area contributed by atoms with Crippen molar-refractivity contribution in [2.45, 2.75) is 26.2 Å². The minimum absolute atomic E-state index is 0.0354. The van der Waals surface area contributed by atoms with Crippen LogP contribution in [0.3, 0.4) is 0 Å². The van der Waals surface area contributed by atoms with Crippen molar-refractivity contribution in [2.24, 2.45) is 11.3 Å². The summed E-state index contributed by atoms with van der Waals surface area (Å²) in [4.78, 5) is 30.4. The summed E-state index contributed by atoms with van der Waals surface area (Å²) in [6.07, 6.45) is 4.08. The molecule has 2 atom stereocenters. The molecule has 2 aromatic heterocycles. The maximum atomic E-state index is 12.8. The van der Waals surface area contributed by atoms with Crippen LogP contribution >= 0.6 is 0 Å². The number of hydrogen-bond acceptors (Lipinski definition) is 4. The summed E-state index contributed by atoms with van der Waals surface area (Å²) in [7, 11) is 0. The molecule has 2 N–H and O–H groups in total. The number of nitrogens with zero attached hydrogens (tertiary/aromatic N) is 4. The molecule has 0 spiro atoms. The number of aliphatic carboxylic acids is 1. The van der Waals surface area contributed by atoms with E-state index in [9.17, 15) is 14.7 Å². The Morgan fingerprint density at radius 1 is 1.38 bits per heavy atom. The topological polar surface area (TPSA) is 100 Å². The number of anilines is 1. The number of carboxylic acids is 1. The number of pyridine rings is 1. The first kappa shape index (κ1) is 16.6. The summed E-state index contributed by atoms with van der Waals surface area (Å²) in [5.74, 6) is 0.377. The molecular weight excluding hydrogens is 334 g/mol. The molecular formula is C18H21N5O3. The second-order valence-corrected chi connectivity index (χ2v) is 7.13. The molecule has 0 bridgehead atoms. The van der Waals surface area contributed by atoms with E-state index in [1.807, 2.05) is 25.1 Å². The van der Waals surface area contributed by atoms with Gasteiger partial charge in [0.2, 0.25) is 0 Å². The number of rotatable bonds is 3. The van der Waals surface area contributed by atoms with Crippen LogP contribution in [0.25, 0.3) is 5.82 Å². The second-order valence-electron chi connectivity index (χ2n) is 7.13. The number of amides is 2. The van der Waals surface area contributed by atoms with Gasteiger partial charge in [-0.2, -0.15) is 9.78 Å². The number of carboxylic acid groups (broad SMARTS) is 1. The second kappa shape index (κ2) is 6.12. The third-order valence-corrected chi connectivity index (χ3v) is 5.52. The lowest BCUT2D eigenvalue weighted by atomic mass is 9.81. The van der Waals surface area contributed by atoms with Crippen molar-refractivity contribution in [3.8, 4) is 5.82 Å². The highest BCUT2D eigenvalue weighted by molar-refractivity contribution is 5.90. The van der Waals surface area contributed by atoms with E-state index in [2.05, 4.69) is 15.4 Å². The highest BCUT2D eigenvalue weighted by Crippen LogP contribution is 2.48. The van der Waals surface area contributed by atoms with Gasteiger partial charge in [-0.15, -0.1) is 0 Å². The van der Waals surface area contributed by atoms with E-state index in [1.165, 1.54) is 0 Å². The number of urea groups is 1. The monoisotopic (exact) mass is 355 g/mol. The van der Waals surface area contributed by atoms with Gasteiger partial charge in [0, 0.05) is 25.4 Å². The first-order chi connectivity index (χ1) is 12.5. The third-order valence-electron chi connectivity index (χ3n) is 5.52. The van der Waals surface area contributed by atoms with E-state index in [-0.39, 0.29) is 18.5 Å². The lowest BCUT2D eigenvalue weighted by molar-refractivity contribution is -0.149. The fourth-order valence-electron chi connectivity index (χ4n) is 4.22. The quantitative estimate of drug-likeness (QED) is 0.880. The molecule has 1 aliphatic heterocycles. The Kier molecular flexibility index (Phi) is 3.90. The minimum Gasteiger partial charge on any atom is -0.481 e. The van der Waals surface area contributed by atoms with E-state index in [4.69, 9.17) is 0 Å². The number of nitrogens with one attached hydrogen (secondary N) is 1. The van der Waals surface area contributed by atoms with Crippen LogP contribution in [0.1, 0.15) is 25.0 Å². The predicted octanol–water partition coefficient (Wildman–Crippen LogP) is 2.29. The molecule has 8 nitrogen and oxygen atoms in total. The van der Waals surface area contributed by atoms with Gasteiger partial charge in [-0.3, -0.25) is 10.1 Å². The minimum atomic E-state index is -0.787. The van der Waals surface area contributed by atoms with Gasteiger partial charge in [-0.25, -0.2) is 9.78 Å². The average Bonchev–Trinajstić information content (AvgIpc) is 3.28. The van der Waals surface area contributed by atoms with Crippen LogP contribution < -0.4 is 5.32 Å². The summed E-state index contributed by atoms with van der Waals surface area (Å²) in [5, 5.41) is 16.9. The van der Waals surface area contributed by atoms with E-state index in [1.54, 1.807) is 21.8 Å². The summed E-state index contributed by atoms with van der Waals surface area (Å²) >= 11 is 0. The molecule has 4 rings (SSSR count). The van der Waals surface area contributed by atoms with Crippen molar-refractivity contribution in [3.63, 3.8) is 0 Å². The van der Waals surface area contributed by atoms with E-state index < -0.39 is 11.4 Å². The van der Waals surface area contributed by atoms with Crippen molar-refractivity contribution in [2.75, 3.05) is 18.4 Å². The van der Waals surface area contributed by atoms with Crippen LogP contribution in [0.15, 0.2) is 30.5 Å². The largest absolute Gasteiger partial charge is 0.481 e. The van der Waals surface area contributed by atoms with Gasteiger partial charge in [0.15, 0.2) is 5.82 Å². The van der Waals surface area contributed by atoms with Crippen molar-refractivity contribution in [3.05, 3.63) is 36.2 Å². The molecule has 2 aromatic rings. The number of fused-ring (bicyclic) bond motifs is 1. The Hall–Kier alpha value is -2.90. The Morgan fingerprint density at radius 3 is 2.92 bits per heavy atom. The van der Waals surface area contributed by atoms with Crippen LogP contribution in [-0.4, -0.2) is 49.9 Å². The number of hydrogen-bond donors (Lipinski definition) is 2. The number of aromatic nitrogens is 3. The number of carbonyl (C=O) groups is 2. The van der Waals surface area contributed by atoms with Gasteiger partial charge >= 0.3 is 12.0 Å². The number of aryl methyl sites for hydroxylation is 1. The number of carbonyl (C=O) groups excluding carboxylic acids is 1. The lowest BCUT2D eigenvalue weighted by Gasteiger charge is -2.23. The van der Waals surface area contributed by atoms with Crippen LogP contribution in [0.5, 0.6) is 0 Å². The molecule has 2 aliphatic rings. The molecule has 0 radical (unpaired) electrons. The van der Waals surface area contributed by atoms with Gasteiger partial charge in [0.05, 0.1) is 11.1 Å². The Morgan fingerprint density at radius 2 is 2.23 bits per heavy atom. The smallest absolute Gasteiger partial charge is 0.323 e. The van der Waals surface area contributed by atoms with Crippen molar-refractivity contribution < 1.29 is 14.7 Å². The van der Waals surface area contributed by atoms with Gasteiger partial charge in [-0.1, -0.05) is 12.5 Å². The predicted molar refractivity (Wildman–Crippen MR) is 94.1 cm³/mol. The fourth-order valence-corrected chi connectivity index (χ4v) is 4.22. The molecule has 1 saturated heterocycles. The molecule has 3 heterocycles. The molecule has 1 aliphatic carbocycles. The van der Waals surface area contributed by atoms with Crippen LogP contribution in [0, 0.1) is 18.3 Å². The standard InChI is InChI=1S/C18H21N5O3/c1-12-9-15(23(21-12)14-6-2-3-8-19-14)20-17(26)22-10-13-5-4-7-18(13,11-22)16(24)25/h2-3,6,8-9,13H,4-5,7,10-11H2,1H3,(H,20,26)(H,24,25)/t13-,18+/m0/s1. The molecule has 2 fully saturated rings. The highest BCUT2D eigenvalue weighted by Gasteiger charge is 2.55. The molecule has 26 heavy (non-hydrogen) atoms. The van der Waals surface area contributed by atoms with Crippen LogP contribution in [0.4, 0.5) is 10.6 Å². The van der Waals surface area contributed by atoms with Crippen LogP contribution in [0.2, 0.25) is 0 Å². The van der Waals surface area contributed by atoms with Crippen LogP contribution in [-0.2, 0) is 4.79 Å². The van der Waals surface area contributed by atoms with Crippen molar-refractivity contribution in [1.82, 2.24) is 19.7 Å². The van der Waals surface area contributed by atoms with Gasteiger partial charge < -0.3 is 10.0 Å². The molecule has 0 aromatic carbocycles. The molecule has 8 heteroatoms. The zero-order valence-electron chi connectivity index (χ0n) is 14.6. The highest BCUT2D eigenvalue weighted by atomic mass is 16.4. The zero-order valence-corrected chi connectivity index (χ0v) is 14.6. The first-order valence-electron chi connectivity index (χ1n) is 8.77. The summed E-state index contributed by atoms with van der Waals surface area (Å²) < 4.78 is 1.58. The van der Waals surface area contributed by atoms with Crippen molar-refractivity contribution in [1.29, 1.82) is 0 Å². The fraction of sp³-hybridized carbons (Fsp3) is 0.444. The normalized spacial score (nSPS) is 24.5. The van der Waals surface area contributed by atoms with Crippen molar-refractivity contribution >= 4 is 17.8 Å². The number of likely N-dealkylation sites (tertiary alicyclic amines) is 1. The first-order valence-corrected chi connectivity index (χ1v) is 8.77. The van der Waals surface area contributed by atoms with E-state index in [0.717, 1.165) is 18.5 Å². The molecule has 0 unspecified atom stereocenters. The average molecular weight is 355 g/mol. The zero-order chi connectivity index (χ0) is 18.3. The van der Waals surface area contributed by atoms with Gasteiger partial charge in [0.1, 0.15) is 5.82 Å². The SMILES string of the molecule is Cc1cc(NC(=O)N2C[C@@H]3CCC[C@@]3(C(=O)O)C2)n(-c2ccccn2)n1. The van der Waals surface area contributed by atoms with E-state index in [0.29, 0.717) is 24.6 Å². The third kappa shape index (κ3) is 2.61. The van der Waals surface area contributed by atoms with Gasteiger partial charge in [0.25, 0.3) is 0 Å². The summed E-state index contributed by atoms with van der Waals surface area (Å²) in [6, 6.07) is 6.95. The molecule has 1 saturated carbocycles. The maximum Gasteiger partial charge on any atom is 0.323 e. The summed E-state index contributed by atoms with van der Waals surface area (Å²) in [5.41, 5.74) is -0.0275. The lowest BCUT2D eigenvalue weighted by Crippen LogP contribution is -2.39. The Bertz CT molecular complexity index is 850. The molecule has 2 amide bonds. The Balaban J connectivity index is 1.54. The Labute approximate surface area is 150 Å². The maximum absolute atomic E-state index is 12.8. The van der Waals surface area contributed by atoms with E-state index >= 15 is 0 Å². The summed E-state index contributed by atoms with van der Waals surface area (Å²) in [6.45, 7) is 2.58. The molecule has 136 valence electrons. The van der Waals surface area contributed by atoms with Gasteiger partial charge in [-0.05, 0) is 37.8 Å².